The molecule has 0 aliphatic heterocycles. The minimum atomic E-state index is 0.382. The molecular weight excluding hydrogens is 532 g/mol. The summed E-state index contributed by atoms with van der Waals surface area (Å²) in [4.78, 5) is 9.90. The molecule has 0 fully saturated rings. The third kappa shape index (κ3) is 8.55. The summed E-state index contributed by atoms with van der Waals surface area (Å²) in [7, 11) is 11.6. The van der Waals surface area contributed by atoms with E-state index in [1.807, 2.05) is 0 Å². The molecule has 0 spiro atoms. The number of hydrogen-bond acceptors (Lipinski definition) is 2. The SMILES string of the molecule is CC(Cc1cccc(CC(C)=[N+](C)c2c(C)cc(C)cc2C)n1)=Nc1c(C)cc(C)cc1C.[Cl][Co][Cl]. The van der Waals surface area contributed by atoms with E-state index in [4.69, 9.17) is 30.3 Å². The van der Waals surface area contributed by atoms with Gasteiger partial charge < -0.3 is 0 Å². The van der Waals surface area contributed by atoms with E-state index in [1.54, 1.807) is 0 Å². The molecule has 1 aromatic heterocycles. The van der Waals surface area contributed by atoms with E-state index in [-0.39, 0.29) is 0 Å². The average Bonchev–Trinajstić information content (AvgIpc) is 2.76. The molecule has 3 rings (SSSR count). The molecular formula is C30H38Cl2CoN3+. The van der Waals surface area contributed by atoms with Crippen LogP contribution < -0.4 is 0 Å². The van der Waals surface area contributed by atoms with Crippen molar-refractivity contribution < 1.29 is 17.5 Å². The van der Waals surface area contributed by atoms with Gasteiger partial charge in [-0.05, 0) is 83.9 Å². The van der Waals surface area contributed by atoms with E-state index in [2.05, 4.69) is 109 Å². The van der Waals surface area contributed by atoms with Gasteiger partial charge in [0.15, 0.2) is 5.71 Å². The van der Waals surface area contributed by atoms with Crippen LogP contribution in [0.25, 0.3) is 0 Å². The van der Waals surface area contributed by atoms with Crippen molar-refractivity contribution in [3.8, 4) is 0 Å². The molecule has 0 saturated carbocycles. The van der Waals surface area contributed by atoms with Crippen molar-refractivity contribution in [2.75, 3.05) is 7.05 Å². The van der Waals surface area contributed by atoms with E-state index in [0.29, 0.717) is 12.9 Å². The van der Waals surface area contributed by atoms with Gasteiger partial charge in [-0.3, -0.25) is 9.98 Å². The van der Waals surface area contributed by atoms with Crippen molar-refractivity contribution in [3.05, 3.63) is 87.2 Å². The Hall–Kier alpha value is -1.98. The molecule has 0 atom stereocenters. The molecule has 195 valence electrons. The summed E-state index contributed by atoms with van der Waals surface area (Å²) in [6.45, 7) is 17.2. The molecule has 0 bridgehead atoms. The molecule has 1 heterocycles. The van der Waals surface area contributed by atoms with Crippen molar-refractivity contribution in [2.24, 2.45) is 4.99 Å². The predicted octanol–water partition coefficient (Wildman–Crippen LogP) is 8.62. The second-order valence-electron chi connectivity index (χ2n) is 9.66. The summed E-state index contributed by atoms with van der Waals surface area (Å²) in [5.41, 5.74) is 14.6. The number of rotatable bonds is 6. The van der Waals surface area contributed by atoms with E-state index in [9.17, 15) is 0 Å². The fraction of sp³-hybridized carbons (Fsp3) is 0.367. The maximum atomic E-state index is 4.96. The molecule has 0 unspecified atom stereocenters. The van der Waals surface area contributed by atoms with Crippen LogP contribution in [-0.4, -0.2) is 28.0 Å². The van der Waals surface area contributed by atoms with Gasteiger partial charge in [-0.1, -0.05) is 29.3 Å². The van der Waals surface area contributed by atoms with Crippen LogP contribution >= 0.6 is 20.3 Å². The average molecular weight is 570 g/mol. The fourth-order valence-corrected chi connectivity index (χ4v) is 4.84. The molecule has 3 aromatic rings. The first-order valence-electron chi connectivity index (χ1n) is 12.0. The summed E-state index contributed by atoms with van der Waals surface area (Å²) in [6, 6.07) is 15.2. The zero-order chi connectivity index (χ0) is 27.0. The van der Waals surface area contributed by atoms with Gasteiger partial charge in [0.25, 0.3) is 0 Å². The number of aromatic nitrogens is 1. The van der Waals surface area contributed by atoms with Crippen LogP contribution in [0.1, 0.15) is 58.6 Å². The fourth-order valence-electron chi connectivity index (χ4n) is 4.84. The maximum absolute atomic E-state index is 4.96. The second-order valence-corrected chi connectivity index (χ2v) is 11.4. The Kier molecular flexibility index (Phi) is 11.8. The van der Waals surface area contributed by atoms with Gasteiger partial charge in [0.05, 0.1) is 17.8 Å². The van der Waals surface area contributed by atoms with Gasteiger partial charge in [-0.25, -0.2) is 4.58 Å². The van der Waals surface area contributed by atoms with Crippen molar-refractivity contribution in [1.82, 2.24) is 4.98 Å². The third-order valence-electron chi connectivity index (χ3n) is 6.22. The summed E-state index contributed by atoms with van der Waals surface area (Å²) >= 11 is 0.382. The van der Waals surface area contributed by atoms with Crippen LogP contribution in [0, 0.1) is 41.5 Å². The van der Waals surface area contributed by atoms with Crippen molar-refractivity contribution in [3.63, 3.8) is 0 Å². The normalized spacial score (nSPS) is 12.2. The van der Waals surface area contributed by atoms with Gasteiger partial charge in [-0.2, -0.15) is 0 Å². The summed E-state index contributed by atoms with van der Waals surface area (Å²) < 4.78 is 2.31. The molecule has 36 heavy (non-hydrogen) atoms. The van der Waals surface area contributed by atoms with Crippen molar-refractivity contribution in [1.29, 1.82) is 0 Å². The van der Waals surface area contributed by atoms with Crippen LogP contribution in [0.4, 0.5) is 11.4 Å². The molecule has 0 saturated heterocycles. The molecule has 0 aliphatic rings. The first-order valence-corrected chi connectivity index (χ1v) is 14.9. The van der Waals surface area contributed by atoms with Crippen LogP contribution in [0.15, 0.2) is 47.5 Å². The van der Waals surface area contributed by atoms with E-state index in [1.165, 1.54) is 44.8 Å². The molecule has 0 radical (unpaired) electrons. The molecule has 3 nitrogen and oxygen atoms in total. The molecule has 2 aromatic carbocycles. The Bertz CT molecular complexity index is 1230. The number of halogens is 2. The summed E-state index contributed by atoms with van der Waals surface area (Å²) in [6.07, 6.45) is 1.58. The van der Waals surface area contributed by atoms with Crippen molar-refractivity contribution >= 4 is 43.1 Å². The van der Waals surface area contributed by atoms with Crippen LogP contribution in [0.2, 0.25) is 0 Å². The zero-order valence-corrected chi connectivity index (χ0v) is 25.4. The number of pyridine rings is 1. The van der Waals surface area contributed by atoms with Crippen LogP contribution in [0.3, 0.4) is 0 Å². The Morgan fingerprint density at radius 2 is 1.25 bits per heavy atom. The Balaban J connectivity index is 0.00000145. The number of aliphatic imine (C=N–C) groups is 1. The molecule has 6 heteroatoms. The van der Waals surface area contributed by atoms with E-state index < -0.39 is 0 Å². The number of nitrogens with zero attached hydrogens (tertiary/aromatic N) is 3. The number of hydrogen-bond donors (Lipinski definition) is 0. The van der Waals surface area contributed by atoms with Gasteiger partial charge in [0, 0.05) is 35.9 Å². The minimum absolute atomic E-state index is 0.382. The summed E-state index contributed by atoms with van der Waals surface area (Å²) in [5.74, 6) is 0. The van der Waals surface area contributed by atoms with Gasteiger partial charge >= 0.3 is 33.2 Å². The standard InChI is InChI=1S/C30H38N3.2ClH.Co/c1-19-13-21(3)29(22(4)14-19)31-25(7)17-27-11-10-12-28(32-27)18-26(8)33(9)30-23(5)15-20(2)16-24(30)6;;;/h10-16H,17-18H2,1-9H3;2*1H;/q+1;;;+2/p-2. The quantitative estimate of drug-likeness (QED) is 0.216. The molecule has 0 amide bonds. The number of benzene rings is 2. The van der Waals surface area contributed by atoms with Crippen LogP contribution in [0.5, 0.6) is 0 Å². The zero-order valence-electron chi connectivity index (χ0n) is 22.9. The Morgan fingerprint density at radius 1 is 0.806 bits per heavy atom. The first kappa shape index (κ1) is 30.2. The number of aryl methyl sites for hydroxylation is 6. The third-order valence-corrected chi connectivity index (χ3v) is 6.22. The van der Waals surface area contributed by atoms with E-state index in [0.717, 1.165) is 35.6 Å². The predicted molar refractivity (Wildman–Crippen MR) is 154 cm³/mol. The Labute approximate surface area is 232 Å². The summed E-state index contributed by atoms with van der Waals surface area (Å²) in [5, 5.41) is 0. The topological polar surface area (TPSA) is 28.3 Å². The van der Waals surface area contributed by atoms with Crippen LogP contribution in [-0.2, 0) is 25.7 Å². The molecule has 0 N–H and O–H groups in total. The van der Waals surface area contributed by atoms with Gasteiger partial charge in [0.1, 0.15) is 7.05 Å². The monoisotopic (exact) mass is 569 g/mol. The van der Waals surface area contributed by atoms with Crippen molar-refractivity contribution in [2.45, 2.75) is 68.2 Å². The van der Waals surface area contributed by atoms with Gasteiger partial charge in [0.2, 0.25) is 5.69 Å². The first-order chi connectivity index (χ1) is 17.0. The van der Waals surface area contributed by atoms with E-state index >= 15 is 0 Å². The Morgan fingerprint density at radius 3 is 1.75 bits per heavy atom. The van der Waals surface area contributed by atoms with Gasteiger partial charge in [-0.15, -0.1) is 0 Å². The molecule has 0 aliphatic carbocycles. The second kappa shape index (κ2) is 14.1.